The van der Waals surface area contributed by atoms with Crippen molar-refractivity contribution in [2.24, 2.45) is 5.92 Å². The molecule has 3 N–H and O–H groups in total. The molecule has 6 heteroatoms. The number of carbonyl (C=O) groups is 1. The zero-order valence-corrected chi connectivity index (χ0v) is 14.5. The predicted molar refractivity (Wildman–Crippen MR) is 93.4 cm³/mol. The number of aliphatic hydroxyl groups excluding tert-OH is 1. The highest BCUT2D eigenvalue weighted by Gasteiger charge is 2.15. The van der Waals surface area contributed by atoms with Gasteiger partial charge in [-0.3, -0.25) is 0 Å². The monoisotopic (exact) mass is 333 g/mol. The van der Waals surface area contributed by atoms with E-state index in [-0.39, 0.29) is 24.6 Å². The number of nitrogens with one attached hydrogen (secondary N) is 2. The molecule has 2 amide bonds. The molecule has 0 saturated heterocycles. The maximum atomic E-state index is 11.9. The first-order chi connectivity index (χ1) is 11.0. The smallest absolute Gasteiger partial charge is 0.315 e. The summed E-state index contributed by atoms with van der Waals surface area (Å²) in [5.74, 6) is 0.0237. The summed E-state index contributed by atoms with van der Waals surface area (Å²) in [5, 5.41) is 15.7. The van der Waals surface area contributed by atoms with Gasteiger partial charge in [0.15, 0.2) is 0 Å². The van der Waals surface area contributed by atoms with Crippen molar-refractivity contribution < 1.29 is 9.90 Å². The largest absolute Gasteiger partial charge is 0.396 e. The Kier molecular flexibility index (Phi) is 6.12. The van der Waals surface area contributed by atoms with Crippen molar-refractivity contribution in [1.82, 2.24) is 15.6 Å². The van der Waals surface area contributed by atoms with E-state index >= 15 is 0 Å². The average Bonchev–Trinajstić information content (AvgIpc) is 2.94. The van der Waals surface area contributed by atoms with Gasteiger partial charge in [0.1, 0.15) is 5.01 Å². The normalized spacial score (nSPS) is 13.4. The van der Waals surface area contributed by atoms with E-state index in [9.17, 15) is 4.79 Å². The standard InChI is InChI=1S/C17H23N3O2S/c1-11(10-21)12(2)20-17(22)18-9-15-13(3)19-16(23-15)14-7-5-4-6-8-14/h4-8,11-12,21H,9-10H2,1-3H3,(H2,18,20,22). The molecule has 0 radical (unpaired) electrons. The fraction of sp³-hybridized carbons (Fsp3) is 0.412. The lowest BCUT2D eigenvalue weighted by molar-refractivity contribution is 0.200. The van der Waals surface area contributed by atoms with Crippen LogP contribution in [-0.2, 0) is 6.54 Å². The highest BCUT2D eigenvalue weighted by atomic mass is 32.1. The molecular weight excluding hydrogens is 310 g/mol. The molecule has 2 rings (SSSR count). The Bertz CT molecular complexity index is 643. The van der Waals surface area contributed by atoms with Crippen LogP contribution in [0.2, 0.25) is 0 Å². The summed E-state index contributed by atoms with van der Waals surface area (Å²) in [6, 6.07) is 9.70. The summed E-state index contributed by atoms with van der Waals surface area (Å²) >= 11 is 1.59. The van der Waals surface area contributed by atoms with Crippen LogP contribution in [0, 0.1) is 12.8 Å². The number of rotatable bonds is 6. The van der Waals surface area contributed by atoms with E-state index in [0.29, 0.717) is 6.54 Å². The fourth-order valence-corrected chi connectivity index (χ4v) is 3.02. The molecule has 0 spiro atoms. The maximum Gasteiger partial charge on any atom is 0.315 e. The summed E-state index contributed by atoms with van der Waals surface area (Å²) < 4.78 is 0. The third kappa shape index (κ3) is 4.77. The Morgan fingerprint density at radius 1 is 1.30 bits per heavy atom. The first-order valence-electron chi connectivity index (χ1n) is 7.68. The molecular formula is C17H23N3O2S. The van der Waals surface area contributed by atoms with Gasteiger partial charge in [-0.15, -0.1) is 11.3 Å². The van der Waals surface area contributed by atoms with Gasteiger partial charge >= 0.3 is 6.03 Å². The van der Waals surface area contributed by atoms with Crippen LogP contribution in [0.4, 0.5) is 4.79 Å². The number of thiazole rings is 1. The first-order valence-corrected chi connectivity index (χ1v) is 8.50. The molecule has 0 bridgehead atoms. The van der Waals surface area contributed by atoms with E-state index < -0.39 is 0 Å². The fourth-order valence-electron chi connectivity index (χ4n) is 2.01. The molecule has 0 saturated carbocycles. The zero-order chi connectivity index (χ0) is 16.8. The van der Waals surface area contributed by atoms with Crippen LogP contribution in [0.15, 0.2) is 30.3 Å². The van der Waals surface area contributed by atoms with Gasteiger partial charge in [-0.1, -0.05) is 37.3 Å². The second-order valence-corrected chi connectivity index (χ2v) is 6.75. The summed E-state index contributed by atoms with van der Waals surface area (Å²) in [5.41, 5.74) is 2.02. The van der Waals surface area contributed by atoms with Gasteiger partial charge in [-0.05, 0) is 19.8 Å². The molecule has 2 unspecified atom stereocenters. The topological polar surface area (TPSA) is 74.2 Å². The molecule has 124 valence electrons. The van der Waals surface area contributed by atoms with Gasteiger partial charge in [0.05, 0.1) is 12.2 Å². The highest BCUT2D eigenvalue weighted by molar-refractivity contribution is 7.15. The number of urea groups is 1. The minimum Gasteiger partial charge on any atom is -0.396 e. The zero-order valence-electron chi connectivity index (χ0n) is 13.7. The minimum absolute atomic E-state index is 0.0237. The van der Waals surface area contributed by atoms with Crippen molar-refractivity contribution in [1.29, 1.82) is 0 Å². The number of benzene rings is 1. The van der Waals surface area contributed by atoms with Gasteiger partial charge < -0.3 is 15.7 Å². The van der Waals surface area contributed by atoms with Gasteiger partial charge in [0.25, 0.3) is 0 Å². The van der Waals surface area contributed by atoms with Crippen molar-refractivity contribution in [3.05, 3.63) is 40.9 Å². The van der Waals surface area contributed by atoms with E-state index in [4.69, 9.17) is 5.11 Å². The molecule has 1 heterocycles. The second kappa shape index (κ2) is 8.08. The van der Waals surface area contributed by atoms with Gasteiger partial charge in [-0.2, -0.15) is 0 Å². The summed E-state index contributed by atoms with van der Waals surface area (Å²) in [4.78, 5) is 17.5. The Labute approximate surface area is 140 Å². The number of hydrogen-bond donors (Lipinski definition) is 3. The number of hydrogen-bond acceptors (Lipinski definition) is 4. The molecule has 0 fully saturated rings. The number of amides is 2. The molecule has 0 aliphatic carbocycles. The lowest BCUT2D eigenvalue weighted by atomic mass is 10.1. The number of carbonyl (C=O) groups excluding carboxylic acids is 1. The van der Waals surface area contributed by atoms with Crippen LogP contribution in [0.1, 0.15) is 24.4 Å². The highest BCUT2D eigenvalue weighted by Crippen LogP contribution is 2.27. The Balaban J connectivity index is 1.94. The summed E-state index contributed by atoms with van der Waals surface area (Å²) in [6.45, 7) is 6.23. The van der Waals surface area contributed by atoms with Gasteiger partial charge in [0, 0.05) is 23.1 Å². The van der Waals surface area contributed by atoms with E-state index in [2.05, 4.69) is 15.6 Å². The third-order valence-corrected chi connectivity index (χ3v) is 5.03. The second-order valence-electron chi connectivity index (χ2n) is 5.67. The average molecular weight is 333 g/mol. The SMILES string of the molecule is Cc1nc(-c2ccccc2)sc1CNC(=O)NC(C)C(C)CO. The Morgan fingerprint density at radius 3 is 2.65 bits per heavy atom. The predicted octanol–water partition coefficient (Wildman–Crippen LogP) is 2.93. The Hall–Kier alpha value is -1.92. The number of aromatic nitrogens is 1. The van der Waals surface area contributed by atoms with Crippen LogP contribution >= 0.6 is 11.3 Å². The van der Waals surface area contributed by atoms with E-state index in [0.717, 1.165) is 21.1 Å². The number of aryl methyl sites for hydroxylation is 1. The lowest BCUT2D eigenvalue weighted by Crippen LogP contribution is -2.43. The molecule has 0 aliphatic heterocycles. The van der Waals surface area contributed by atoms with Crippen molar-refractivity contribution in [3.8, 4) is 10.6 Å². The van der Waals surface area contributed by atoms with Crippen LogP contribution < -0.4 is 10.6 Å². The van der Waals surface area contributed by atoms with E-state index in [1.54, 1.807) is 11.3 Å². The van der Waals surface area contributed by atoms with E-state index in [1.165, 1.54) is 0 Å². The molecule has 0 aliphatic rings. The van der Waals surface area contributed by atoms with Crippen molar-refractivity contribution >= 4 is 17.4 Å². The van der Waals surface area contributed by atoms with Crippen LogP contribution in [-0.4, -0.2) is 28.8 Å². The van der Waals surface area contributed by atoms with Gasteiger partial charge in [0.2, 0.25) is 0 Å². The molecule has 2 aromatic rings. The van der Waals surface area contributed by atoms with Crippen molar-refractivity contribution in [3.63, 3.8) is 0 Å². The van der Waals surface area contributed by atoms with Crippen LogP contribution in [0.3, 0.4) is 0 Å². The first kappa shape index (κ1) is 17.4. The summed E-state index contributed by atoms with van der Waals surface area (Å²) in [6.07, 6.45) is 0. The van der Waals surface area contributed by atoms with E-state index in [1.807, 2.05) is 51.1 Å². The lowest BCUT2D eigenvalue weighted by Gasteiger charge is -2.19. The molecule has 23 heavy (non-hydrogen) atoms. The van der Waals surface area contributed by atoms with Gasteiger partial charge in [-0.25, -0.2) is 9.78 Å². The summed E-state index contributed by atoms with van der Waals surface area (Å²) in [7, 11) is 0. The molecule has 5 nitrogen and oxygen atoms in total. The third-order valence-electron chi connectivity index (χ3n) is 3.82. The molecule has 1 aromatic heterocycles. The Morgan fingerprint density at radius 2 is 2.00 bits per heavy atom. The van der Waals surface area contributed by atoms with Crippen LogP contribution in [0.5, 0.6) is 0 Å². The van der Waals surface area contributed by atoms with Crippen molar-refractivity contribution in [2.45, 2.75) is 33.4 Å². The molecule has 1 aromatic carbocycles. The van der Waals surface area contributed by atoms with Crippen molar-refractivity contribution in [2.75, 3.05) is 6.61 Å². The van der Waals surface area contributed by atoms with Crippen LogP contribution in [0.25, 0.3) is 10.6 Å². The maximum absolute atomic E-state index is 11.9. The minimum atomic E-state index is -0.230. The quantitative estimate of drug-likeness (QED) is 0.761. The number of aliphatic hydroxyl groups is 1. The number of nitrogens with zero attached hydrogens (tertiary/aromatic N) is 1. The molecule has 2 atom stereocenters.